The first-order chi connectivity index (χ1) is 15.9. The molecule has 7 heteroatoms. The predicted octanol–water partition coefficient (Wildman–Crippen LogP) is 4.86. The number of carbonyl (C=O) groups excluding carboxylic acids is 1. The van der Waals surface area contributed by atoms with Gasteiger partial charge in [0.15, 0.2) is 5.65 Å². The summed E-state index contributed by atoms with van der Waals surface area (Å²) in [6.45, 7) is 11.1. The van der Waals surface area contributed by atoms with Gasteiger partial charge in [0.2, 0.25) is 0 Å². The van der Waals surface area contributed by atoms with Crippen LogP contribution in [0.2, 0.25) is 0 Å². The molecule has 5 rings (SSSR count). The third-order valence-corrected chi connectivity index (χ3v) is 7.06. The number of likely N-dealkylation sites (tertiary alicyclic amines) is 1. The number of fused-ring (bicyclic) bond motifs is 2. The number of H-pyrrole nitrogens is 1. The summed E-state index contributed by atoms with van der Waals surface area (Å²) in [6.07, 6.45) is 4.84. The maximum atomic E-state index is 11.8. The Morgan fingerprint density at radius 1 is 1.21 bits per heavy atom. The molecule has 1 saturated heterocycles. The number of aromatic nitrogens is 5. The number of benzene rings is 1. The zero-order valence-electron chi connectivity index (χ0n) is 19.9. The third-order valence-electron chi connectivity index (χ3n) is 7.06. The van der Waals surface area contributed by atoms with E-state index in [9.17, 15) is 4.79 Å². The molecule has 1 aromatic carbocycles. The van der Waals surface area contributed by atoms with Gasteiger partial charge in [-0.1, -0.05) is 26.8 Å². The first kappa shape index (κ1) is 21.8. The second kappa shape index (κ2) is 8.71. The highest BCUT2D eigenvalue weighted by atomic mass is 16.1. The van der Waals surface area contributed by atoms with Gasteiger partial charge in [-0.15, -0.1) is 5.10 Å². The number of hydrogen-bond donors (Lipinski definition) is 1. The van der Waals surface area contributed by atoms with E-state index in [1.54, 1.807) is 4.52 Å². The zero-order valence-corrected chi connectivity index (χ0v) is 19.9. The molecule has 3 aromatic heterocycles. The van der Waals surface area contributed by atoms with Gasteiger partial charge in [-0.05, 0) is 90.0 Å². The molecule has 0 radical (unpaired) electrons. The van der Waals surface area contributed by atoms with E-state index in [2.05, 4.69) is 63.5 Å². The molecule has 0 atom stereocenters. The van der Waals surface area contributed by atoms with Crippen LogP contribution in [0.3, 0.4) is 0 Å². The van der Waals surface area contributed by atoms with Crippen molar-refractivity contribution in [2.75, 3.05) is 19.6 Å². The number of rotatable bonds is 6. The molecule has 0 unspecified atom stereocenters. The molecule has 7 nitrogen and oxygen atoms in total. The van der Waals surface area contributed by atoms with Gasteiger partial charge in [0, 0.05) is 29.1 Å². The van der Waals surface area contributed by atoms with Crippen molar-refractivity contribution < 1.29 is 4.79 Å². The van der Waals surface area contributed by atoms with Crippen molar-refractivity contribution in [2.45, 2.75) is 58.8 Å². The quantitative estimate of drug-likeness (QED) is 0.459. The van der Waals surface area contributed by atoms with Gasteiger partial charge >= 0.3 is 0 Å². The van der Waals surface area contributed by atoms with E-state index in [0.717, 1.165) is 53.9 Å². The molecule has 1 aliphatic heterocycles. The Labute approximate surface area is 194 Å². The molecule has 33 heavy (non-hydrogen) atoms. The van der Waals surface area contributed by atoms with Crippen molar-refractivity contribution in [1.82, 2.24) is 29.9 Å². The van der Waals surface area contributed by atoms with Gasteiger partial charge in [-0.3, -0.25) is 9.69 Å². The van der Waals surface area contributed by atoms with E-state index in [1.165, 1.54) is 16.5 Å². The highest BCUT2D eigenvalue weighted by Gasteiger charge is 2.24. The van der Waals surface area contributed by atoms with E-state index in [4.69, 9.17) is 0 Å². The van der Waals surface area contributed by atoms with Crippen molar-refractivity contribution in [3.63, 3.8) is 0 Å². The Bertz CT molecular complexity index is 1310. The summed E-state index contributed by atoms with van der Waals surface area (Å²) >= 11 is 0. The van der Waals surface area contributed by atoms with Gasteiger partial charge in [-0.25, -0.2) is 0 Å². The molecule has 0 aliphatic carbocycles. The second-order valence-corrected chi connectivity index (χ2v) is 9.67. The number of pyridine rings is 1. The van der Waals surface area contributed by atoms with Crippen LogP contribution in [-0.2, 0) is 4.79 Å². The van der Waals surface area contributed by atoms with Crippen LogP contribution in [-0.4, -0.2) is 55.3 Å². The van der Waals surface area contributed by atoms with E-state index in [0.29, 0.717) is 30.6 Å². The lowest BCUT2D eigenvalue weighted by atomic mass is 9.87. The van der Waals surface area contributed by atoms with Crippen molar-refractivity contribution >= 4 is 22.3 Å². The van der Waals surface area contributed by atoms with Gasteiger partial charge in [0.1, 0.15) is 5.78 Å². The second-order valence-electron chi connectivity index (χ2n) is 9.67. The highest BCUT2D eigenvalue weighted by molar-refractivity contribution is 5.92. The van der Waals surface area contributed by atoms with Gasteiger partial charge < -0.3 is 4.98 Å². The first-order valence-corrected chi connectivity index (χ1v) is 12.0. The minimum atomic E-state index is 0.339. The number of ketones is 1. The Hall–Kier alpha value is -3.06. The van der Waals surface area contributed by atoms with Crippen LogP contribution in [0.25, 0.3) is 27.8 Å². The summed E-state index contributed by atoms with van der Waals surface area (Å²) < 4.78 is 1.75. The molecule has 0 spiro atoms. The smallest absolute Gasteiger partial charge is 0.182 e. The van der Waals surface area contributed by atoms with Crippen molar-refractivity contribution in [3.05, 3.63) is 47.2 Å². The summed E-state index contributed by atoms with van der Waals surface area (Å²) in [6, 6.07) is 9.07. The van der Waals surface area contributed by atoms with Crippen LogP contribution in [0.15, 0.2) is 30.5 Å². The summed E-state index contributed by atoms with van der Waals surface area (Å²) in [5, 5.41) is 13.3. The number of aromatic amines is 1. The van der Waals surface area contributed by atoms with Crippen LogP contribution in [0.1, 0.15) is 68.6 Å². The topological polar surface area (TPSA) is 79.2 Å². The number of tetrazole rings is 1. The zero-order chi connectivity index (χ0) is 23.1. The molecule has 1 N–H and O–H groups in total. The Balaban J connectivity index is 1.48. The number of piperidine rings is 1. The van der Waals surface area contributed by atoms with Gasteiger partial charge in [0.25, 0.3) is 0 Å². The standard InChI is InChI=1S/C26H32N6O/c1-5-21(33)15-31-10-8-18(9-11-31)19-6-7-23-22(13-19)24(16(2)3)25(27-23)20-12-17(4)26-28-29-30-32(26)14-20/h6-7,12-14,16,18,27H,5,8-11,15H2,1-4H3. The Morgan fingerprint density at radius 2 is 2.00 bits per heavy atom. The van der Waals surface area contributed by atoms with Crippen molar-refractivity contribution in [3.8, 4) is 11.3 Å². The molecule has 1 fully saturated rings. The van der Waals surface area contributed by atoms with Gasteiger partial charge in [-0.2, -0.15) is 4.52 Å². The van der Waals surface area contributed by atoms with Crippen LogP contribution in [0, 0.1) is 6.92 Å². The van der Waals surface area contributed by atoms with Crippen molar-refractivity contribution in [1.29, 1.82) is 0 Å². The van der Waals surface area contributed by atoms with E-state index < -0.39 is 0 Å². The minimum Gasteiger partial charge on any atom is -0.354 e. The predicted molar refractivity (Wildman–Crippen MR) is 131 cm³/mol. The molecule has 4 aromatic rings. The fourth-order valence-electron chi connectivity index (χ4n) is 5.24. The molecule has 4 heterocycles. The Kier molecular flexibility index (Phi) is 5.74. The highest BCUT2D eigenvalue weighted by Crippen LogP contribution is 2.38. The lowest BCUT2D eigenvalue weighted by Crippen LogP contribution is -2.36. The molecule has 0 saturated carbocycles. The van der Waals surface area contributed by atoms with Crippen LogP contribution in [0.5, 0.6) is 0 Å². The van der Waals surface area contributed by atoms with Gasteiger partial charge in [0.05, 0.1) is 12.2 Å². The largest absolute Gasteiger partial charge is 0.354 e. The number of carbonyl (C=O) groups is 1. The number of nitrogens with one attached hydrogen (secondary N) is 1. The minimum absolute atomic E-state index is 0.339. The van der Waals surface area contributed by atoms with Crippen molar-refractivity contribution in [2.24, 2.45) is 0 Å². The fraction of sp³-hybridized carbons (Fsp3) is 0.462. The molecular weight excluding hydrogens is 412 g/mol. The summed E-state index contributed by atoms with van der Waals surface area (Å²) in [5.41, 5.74) is 7.99. The van der Waals surface area contributed by atoms with E-state index in [-0.39, 0.29) is 0 Å². The molecule has 0 amide bonds. The monoisotopic (exact) mass is 444 g/mol. The Morgan fingerprint density at radius 3 is 2.73 bits per heavy atom. The average molecular weight is 445 g/mol. The molecule has 172 valence electrons. The molecule has 0 bridgehead atoms. The normalized spacial score (nSPS) is 15.8. The van der Waals surface area contributed by atoms with Crippen LogP contribution >= 0.6 is 0 Å². The number of Topliss-reactive ketones (excluding diaryl/α,β-unsaturated/α-hetero) is 1. The number of nitrogens with zero attached hydrogens (tertiary/aromatic N) is 5. The first-order valence-electron chi connectivity index (χ1n) is 12.0. The molecule has 1 aliphatic rings. The SMILES string of the molecule is CCC(=O)CN1CCC(c2ccc3[nH]c(-c4cc(C)c5nnnn5c4)c(C(C)C)c3c2)CC1. The fourth-order valence-corrected chi connectivity index (χ4v) is 5.24. The van der Waals surface area contributed by atoms with Crippen LogP contribution < -0.4 is 0 Å². The molecular formula is C26H32N6O. The van der Waals surface area contributed by atoms with Crippen LogP contribution in [0.4, 0.5) is 0 Å². The summed E-state index contributed by atoms with van der Waals surface area (Å²) in [4.78, 5) is 17.8. The number of aryl methyl sites for hydroxylation is 1. The number of hydrogen-bond acceptors (Lipinski definition) is 5. The third kappa shape index (κ3) is 4.06. The summed E-state index contributed by atoms with van der Waals surface area (Å²) in [5.74, 6) is 1.25. The van der Waals surface area contributed by atoms with E-state index in [1.807, 2.05) is 20.0 Å². The van der Waals surface area contributed by atoms with E-state index >= 15 is 0 Å². The lowest BCUT2D eigenvalue weighted by Gasteiger charge is -2.31. The maximum Gasteiger partial charge on any atom is 0.182 e. The summed E-state index contributed by atoms with van der Waals surface area (Å²) in [7, 11) is 0. The maximum absolute atomic E-state index is 11.8. The lowest BCUT2D eigenvalue weighted by molar-refractivity contribution is -0.120. The average Bonchev–Trinajstić information content (AvgIpc) is 3.44.